The molecule has 0 heterocycles. The van der Waals surface area contributed by atoms with Crippen LogP contribution in [0.15, 0.2) is 0 Å². The topological polar surface area (TPSA) is 149 Å². The smallest absolute Gasteiger partial charge is 0.310 e. The van der Waals surface area contributed by atoms with Crippen molar-refractivity contribution >= 4 is 23.9 Å². The van der Waals surface area contributed by atoms with E-state index in [1.807, 2.05) is 0 Å². The number of carboxylic acid groups (broad SMARTS) is 4. The van der Waals surface area contributed by atoms with E-state index in [4.69, 9.17) is 0 Å². The van der Waals surface area contributed by atoms with Gasteiger partial charge in [0.2, 0.25) is 0 Å². The van der Waals surface area contributed by atoms with Gasteiger partial charge in [-0.3, -0.25) is 19.2 Å². The normalized spacial score (nSPS) is 40.1. The first-order valence-corrected chi connectivity index (χ1v) is 7.10. The molecule has 2 aliphatic carbocycles. The molecule has 8 nitrogen and oxygen atoms in total. The highest BCUT2D eigenvalue weighted by molar-refractivity contribution is 5.88. The number of rotatable bonds is 5. The quantitative estimate of drug-likeness (QED) is 0.576. The first kappa shape index (κ1) is 16.3. The molecule has 2 fully saturated rings. The summed E-state index contributed by atoms with van der Waals surface area (Å²) in [6, 6.07) is 0. The van der Waals surface area contributed by atoms with Gasteiger partial charge in [0, 0.05) is 0 Å². The highest BCUT2D eigenvalue weighted by atomic mass is 16.4. The Hall–Kier alpha value is -2.12. The molecule has 6 atom stereocenters. The van der Waals surface area contributed by atoms with E-state index in [1.54, 1.807) is 6.92 Å². The molecule has 0 radical (unpaired) electrons. The molecule has 22 heavy (non-hydrogen) atoms. The highest BCUT2D eigenvalue weighted by Crippen LogP contribution is 2.65. The molecule has 0 bridgehead atoms. The molecular formula is C14H18O8. The Kier molecular flexibility index (Phi) is 3.88. The van der Waals surface area contributed by atoms with E-state index in [2.05, 4.69) is 0 Å². The van der Waals surface area contributed by atoms with E-state index in [0.717, 1.165) is 0 Å². The lowest BCUT2D eigenvalue weighted by Gasteiger charge is -2.60. The van der Waals surface area contributed by atoms with Crippen LogP contribution in [0.5, 0.6) is 0 Å². The summed E-state index contributed by atoms with van der Waals surface area (Å²) in [4.78, 5) is 45.7. The predicted molar refractivity (Wildman–Crippen MR) is 70.0 cm³/mol. The lowest BCUT2D eigenvalue weighted by molar-refractivity contribution is -0.215. The van der Waals surface area contributed by atoms with E-state index >= 15 is 0 Å². The molecule has 0 amide bonds. The lowest BCUT2D eigenvalue weighted by Crippen LogP contribution is -2.66. The molecule has 6 unspecified atom stereocenters. The molecule has 0 aliphatic heterocycles. The van der Waals surface area contributed by atoms with Gasteiger partial charge in [0.1, 0.15) is 0 Å². The third kappa shape index (κ3) is 1.97. The fourth-order valence-corrected chi connectivity index (χ4v) is 4.56. The van der Waals surface area contributed by atoms with Crippen molar-refractivity contribution in [3.8, 4) is 0 Å². The van der Waals surface area contributed by atoms with Gasteiger partial charge in [-0.1, -0.05) is 6.92 Å². The Morgan fingerprint density at radius 3 is 1.77 bits per heavy atom. The zero-order chi connectivity index (χ0) is 16.8. The van der Waals surface area contributed by atoms with Gasteiger partial charge in [-0.25, -0.2) is 0 Å². The SMILES string of the molecule is CCC1(C(=O)O)C2CC(C(=O)O)C(C(=O)O)CC2C1C(=O)O. The minimum Gasteiger partial charge on any atom is -0.481 e. The average molecular weight is 314 g/mol. The van der Waals surface area contributed by atoms with Crippen LogP contribution in [0.25, 0.3) is 0 Å². The molecule has 2 saturated carbocycles. The Labute approximate surface area is 125 Å². The van der Waals surface area contributed by atoms with Gasteiger partial charge in [0.15, 0.2) is 0 Å². The van der Waals surface area contributed by atoms with Gasteiger partial charge >= 0.3 is 23.9 Å². The molecule has 0 aromatic carbocycles. The maximum absolute atomic E-state index is 11.7. The fraction of sp³-hybridized carbons (Fsp3) is 0.714. The van der Waals surface area contributed by atoms with Gasteiger partial charge in [0.25, 0.3) is 0 Å². The molecule has 0 aromatic heterocycles. The van der Waals surface area contributed by atoms with Crippen molar-refractivity contribution in [2.45, 2.75) is 26.2 Å². The standard InChI is InChI=1S/C14H18O8/c1-2-14(13(21)22)8-4-6(11(17)18)5(10(15)16)3-7(8)9(14)12(19)20/h5-9H,2-4H2,1H3,(H,15,16)(H,17,18)(H,19,20)(H,21,22). The summed E-state index contributed by atoms with van der Waals surface area (Å²) < 4.78 is 0. The van der Waals surface area contributed by atoms with Crippen LogP contribution >= 0.6 is 0 Å². The number of carboxylic acids is 4. The van der Waals surface area contributed by atoms with Crippen molar-refractivity contribution in [1.29, 1.82) is 0 Å². The van der Waals surface area contributed by atoms with E-state index in [9.17, 15) is 39.6 Å². The van der Waals surface area contributed by atoms with Crippen LogP contribution in [0.3, 0.4) is 0 Å². The monoisotopic (exact) mass is 314 g/mol. The average Bonchev–Trinajstić information content (AvgIpc) is 2.38. The Balaban J connectivity index is 2.41. The third-order valence-electron chi connectivity index (χ3n) is 5.56. The minimum absolute atomic E-state index is 0.0740. The Morgan fingerprint density at radius 2 is 1.41 bits per heavy atom. The number of hydrogen-bond acceptors (Lipinski definition) is 4. The summed E-state index contributed by atoms with van der Waals surface area (Å²) in [5.74, 6) is -9.82. The van der Waals surface area contributed by atoms with Crippen molar-refractivity contribution in [3.63, 3.8) is 0 Å². The van der Waals surface area contributed by atoms with Crippen LogP contribution in [0.4, 0.5) is 0 Å². The summed E-state index contributed by atoms with van der Waals surface area (Å²) >= 11 is 0. The molecule has 2 aliphatic rings. The van der Waals surface area contributed by atoms with E-state index in [0.29, 0.717) is 0 Å². The third-order valence-corrected chi connectivity index (χ3v) is 5.56. The first-order chi connectivity index (χ1) is 10.2. The molecule has 0 aromatic rings. The van der Waals surface area contributed by atoms with Gasteiger partial charge in [-0.05, 0) is 31.1 Å². The zero-order valence-electron chi connectivity index (χ0n) is 11.9. The number of carbonyl (C=O) groups is 4. The lowest BCUT2D eigenvalue weighted by atomic mass is 9.40. The maximum Gasteiger partial charge on any atom is 0.310 e. The van der Waals surface area contributed by atoms with Crippen molar-refractivity contribution in [2.75, 3.05) is 0 Å². The number of fused-ring (bicyclic) bond motifs is 1. The number of aliphatic carboxylic acids is 4. The second-order valence-corrected chi connectivity index (χ2v) is 6.15. The van der Waals surface area contributed by atoms with Crippen LogP contribution in [-0.2, 0) is 19.2 Å². The van der Waals surface area contributed by atoms with Crippen LogP contribution < -0.4 is 0 Å². The largest absolute Gasteiger partial charge is 0.481 e. The van der Waals surface area contributed by atoms with E-state index in [-0.39, 0.29) is 19.3 Å². The molecule has 122 valence electrons. The molecule has 0 saturated heterocycles. The van der Waals surface area contributed by atoms with E-state index < -0.39 is 58.9 Å². The summed E-state index contributed by atoms with van der Waals surface area (Å²) in [6.07, 6.45) is -0.144. The summed E-state index contributed by atoms with van der Waals surface area (Å²) in [5, 5.41) is 37.3. The highest BCUT2D eigenvalue weighted by Gasteiger charge is 2.70. The minimum atomic E-state index is -1.51. The maximum atomic E-state index is 11.7. The van der Waals surface area contributed by atoms with Crippen molar-refractivity contribution < 1.29 is 39.6 Å². The molecular weight excluding hydrogens is 296 g/mol. The molecule has 4 N–H and O–H groups in total. The summed E-state index contributed by atoms with van der Waals surface area (Å²) in [5.41, 5.74) is -1.51. The van der Waals surface area contributed by atoms with Crippen LogP contribution in [0.2, 0.25) is 0 Å². The van der Waals surface area contributed by atoms with Gasteiger partial charge in [-0.2, -0.15) is 0 Å². The molecule has 0 spiro atoms. The van der Waals surface area contributed by atoms with Gasteiger partial charge < -0.3 is 20.4 Å². The van der Waals surface area contributed by atoms with Crippen LogP contribution in [0, 0.1) is 35.0 Å². The first-order valence-electron chi connectivity index (χ1n) is 7.10. The van der Waals surface area contributed by atoms with Crippen LogP contribution in [0.1, 0.15) is 26.2 Å². The van der Waals surface area contributed by atoms with Crippen molar-refractivity contribution in [3.05, 3.63) is 0 Å². The summed E-state index contributed by atoms with van der Waals surface area (Å²) in [6.45, 7) is 1.57. The van der Waals surface area contributed by atoms with Crippen molar-refractivity contribution in [1.82, 2.24) is 0 Å². The number of hydrogen-bond donors (Lipinski definition) is 4. The Bertz CT molecular complexity index is 541. The zero-order valence-corrected chi connectivity index (χ0v) is 11.9. The molecule has 2 rings (SSSR count). The fourth-order valence-electron chi connectivity index (χ4n) is 4.56. The van der Waals surface area contributed by atoms with Gasteiger partial charge in [-0.15, -0.1) is 0 Å². The Morgan fingerprint density at radius 1 is 0.909 bits per heavy atom. The van der Waals surface area contributed by atoms with Crippen molar-refractivity contribution in [2.24, 2.45) is 35.0 Å². The van der Waals surface area contributed by atoms with E-state index in [1.165, 1.54) is 0 Å². The molecule has 8 heteroatoms. The second kappa shape index (κ2) is 5.26. The summed E-state index contributed by atoms with van der Waals surface area (Å²) in [7, 11) is 0. The second-order valence-electron chi connectivity index (χ2n) is 6.15. The van der Waals surface area contributed by atoms with Crippen LogP contribution in [-0.4, -0.2) is 44.3 Å². The predicted octanol–water partition coefficient (Wildman–Crippen LogP) is 0.610. The van der Waals surface area contributed by atoms with Gasteiger partial charge in [0.05, 0.1) is 23.2 Å².